The molecule has 0 bridgehead atoms. The number of hydrogen-bond donors (Lipinski definition) is 2. The van der Waals surface area contributed by atoms with Gasteiger partial charge in [-0.1, -0.05) is 0 Å². The van der Waals surface area contributed by atoms with Gasteiger partial charge in [-0.3, -0.25) is 4.79 Å². The Balaban J connectivity index is 2.17. The summed E-state index contributed by atoms with van der Waals surface area (Å²) in [5, 5.41) is 19.8. The predicted octanol–water partition coefficient (Wildman–Crippen LogP) is -0.548. The maximum absolute atomic E-state index is 12.4. The number of carbonyl (C=O) groups excluding carboxylic acids is 1. The molecule has 1 aliphatic heterocycles. The third-order valence-corrected chi connectivity index (χ3v) is 3.60. The number of rotatable bonds is 3. The largest absolute Gasteiger partial charge is 0.477 e. The lowest BCUT2D eigenvalue weighted by molar-refractivity contribution is -0.1000. The molecular formula is C13H19N3O5. The van der Waals surface area contributed by atoms with E-state index in [9.17, 15) is 15.0 Å². The van der Waals surface area contributed by atoms with Crippen molar-refractivity contribution in [2.75, 3.05) is 27.3 Å². The zero-order valence-corrected chi connectivity index (χ0v) is 12.2. The Morgan fingerprint density at radius 1 is 1.43 bits per heavy atom. The van der Waals surface area contributed by atoms with Crippen LogP contribution in [0.1, 0.15) is 23.8 Å². The summed E-state index contributed by atoms with van der Waals surface area (Å²) < 4.78 is 9.97. The maximum atomic E-state index is 12.4. The van der Waals surface area contributed by atoms with Crippen LogP contribution in [0.25, 0.3) is 0 Å². The van der Waals surface area contributed by atoms with Crippen LogP contribution in [-0.2, 0) is 0 Å². The Morgan fingerprint density at radius 3 is 2.67 bits per heavy atom. The van der Waals surface area contributed by atoms with E-state index in [4.69, 9.17) is 9.47 Å². The molecule has 0 saturated carbocycles. The second-order valence-corrected chi connectivity index (χ2v) is 5.15. The zero-order chi connectivity index (χ0) is 15.6. The Labute approximate surface area is 122 Å². The smallest absolute Gasteiger partial charge is 0.278 e. The first-order chi connectivity index (χ1) is 9.89. The van der Waals surface area contributed by atoms with Crippen LogP contribution in [0.3, 0.4) is 0 Å². The van der Waals surface area contributed by atoms with Gasteiger partial charge in [0, 0.05) is 13.1 Å². The number of likely N-dealkylation sites (tertiary alicyclic amines) is 1. The average Bonchev–Trinajstić information content (AvgIpc) is 2.48. The minimum atomic E-state index is -1.18. The van der Waals surface area contributed by atoms with Crippen LogP contribution >= 0.6 is 0 Å². The van der Waals surface area contributed by atoms with Gasteiger partial charge in [-0.05, 0) is 13.3 Å². The summed E-state index contributed by atoms with van der Waals surface area (Å²) in [6.45, 7) is 1.93. The van der Waals surface area contributed by atoms with E-state index >= 15 is 0 Å². The van der Waals surface area contributed by atoms with Gasteiger partial charge in [0.15, 0.2) is 5.69 Å². The molecule has 2 rings (SSSR count). The number of aromatic nitrogens is 2. The molecule has 0 aliphatic carbocycles. The van der Waals surface area contributed by atoms with E-state index in [1.807, 2.05) is 0 Å². The molecule has 0 unspecified atom stereocenters. The van der Waals surface area contributed by atoms with Crippen LogP contribution in [0, 0.1) is 0 Å². The third kappa shape index (κ3) is 3.06. The average molecular weight is 297 g/mol. The second-order valence-electron chi connectivity index (χ2n) is 5.15. The molecule has 1 fully saturated rings. The van der Waals surface area contributed by atoms with Crippen molar-refractivity contribution >= 4 is 5.91 Å². The van der Waals surface area contributed by atoms with E-state index in [1.165, 1.54) is 25.3 Å². The van der Waals surface area contributed by atoms with Crippen molar-refractivity contribution < 1.29 is 24.5 Å². The van der Waals surface area contributed by atoms with E-state index < -0.39 is 11.7 Å². The SMILES string of the molecule is COc1ncc(C(=O)N2CC[C@@](C)(O)[C@@H](O)C2)nc1OC. The van der Waals surface area contributed by atoms with Gasteiger partial charge in [0.2, 0.25) is 0 Å². The van der Waals surface area contributed by atoms with Crippen molar-refractivity contribution in [2.24, 2.45) is 0 Å². The summed E-state index contributed by atoms with van der Waals surface area (Å²) in [5.41, 5.74) is -1.08. The minimum absolute atomic E-state index is 0.0435. The quantitative estimate of drug-likeness (QED) is 0.771. The molecule has 21 heavy (non-hydrogen) atoms. The maximum Gasteiger partial charge on any atom is 0.278 e. The highest BCUT2D eigenvalue weighted by atomic mass is 16.5. The molecule has 8 heteroatoms. The number of aliphatic hydroxyl groups excluding tert-OH is 1. The van der Waals surface area contributed by atoms with Crippen LogP contribution in [0.2, 0.25) is 0 Å². The van der Waals surface area contributed by atoms with Gasteiger partial charge in [0.1, 0.15) is 0 Å². The molecule has 0 spiro atoms. The van der Waals surface area contributed by atoms with Gasteiger partial charge in [-0.2, -0.15) is 0 Å². The highest BCUT2D eigenvalue weighted by Gasteiger charge is 2.38. The summed E-state index contributed by atoms with van der Waals surface area (Å²) >= 11 is 0. The first-order valence-electron chi connectivity index (χ1n) is 6.53. The van der Waals surface area contributed by atoms with Gasteiger partial charge in [0.05, 0.1) is 32.1 Å². The van der Waals surface area contributed by atoms with Crippen LogP contribution in [0.5, 0.6) is 11.8 Å². The van der Waals surface area contributed by atoms with Crippen molar-refractivity contribution in [2.45, 2.75) is 25.0 Å². The number of ether oxygens (including phenoxy) is 2. The molecule has 0 radical (unpaired) electrons. The fraction of sp³-hybridized carbons (Fsp3) is 0.615. The number of methoxy groups -OCH3 is 2. The Bertz CT molecular complexity index is 535. The fourth-order valence-corrected chi connectivity index (χ4v) is 2.11. The van der Waals surface area contributed by atoms with Crippen molar-refractivity contribution in [1.82, 2.24) is 14.9 Å². The first kappa shape index (κ1) is 15.5. The Kier molecular flexibility index (Phi) is 4.29. The fourth-order valence-electron chi connectivity index (χ4n) is 2.11. The van der Waals surface area contributed by atoms with Crippen LogP contribution in [-0.4, -0.2) is 70.0 Å². The highest BCUT2D eigenvalue weighted by molar-refractivity contribution is 5.92. The number of amides is 1. The zero-order valence-electron chi connectivity index (χ0n) is 12.2. The van der Waals surface area contributed by atoms with E-state index in [1.54, 1.807) is 6.92 Å². The molecule has 116 valence electrons. The minimum Gasteiger partial charge on any atom is -0.477 e. The summed E-state index contributed by atoms with van der Waals surface area (Å²) in [7, 11) is 2.83. The molecule has 1 amide bonds. The van der Waals surface area contributed by atoms with Crippen LogP contribution < -0.4 is 9.47 Å². The molecule has 2 heterocycles. The number of aliphatic hydroxyl groups is 2. The highest BCUT2D eigenvalue weighted by Crippen LogP contribution is 2.24. The van der Waals surface area contributed by atoms with Crippen LogP contribution in [0.15, 0.2) is 6.20 Å². The number of carbonyl (C=O) groups is 1. The molecule has 1 aliphatic rings. The number of β-amino-alcohol motifs (C(OH)–C–C–N with tert-alkyl or cyclic N) is 1. The standard InChI is InChI=1S/C13H19N3O5/c1-13(19)4-5-16(7-9(13)17)12(18)8-6-14-10(20-2)11(15-8)21-3/h6,9,17,19H,4-5,7H2,1-3H3/t9-,13+/m0/s1. The van der Waals surface area contributed by atoms with Crippen LogP contribution in [0.4, 0.5) is 0 Å². The number of hydrogen-bond acceptors (Lipinski definition) is 7. The lowest BCUT2D eigenvalue weighted by atomic mass is 9.90. The van der Waals surface area contributed by atoms with E-state index in [0.717, 1.165) is 0 Å². The number of nitrogens with zero attached hydrogens (tertiary/aromatic N) is 3. The molecule has 1 aromatic heterocycles. The Hall–Kier alpha value is -1.93. The van der Waals surface area contributed by atoms with Gasteiger partial charge in [-0.25, -0.2) is 9.97 Å². The van der Waals surface area contributed by atoms with Crippen molar-refractivity contribution in [3.63, 3.8) is 0 Å². The monoisotopic (exact) mass is 297 g/mol. The molecule has 0 aromatic carbocycles. The molecular weight excluding hydrogens is 278 g/mol. The molecule has 1 saturated heterocycles. The van der Waals surface area contributed by atoms with Gasteiger partial charge in [-0.15, -0.1) is 0 Å². The summed E-state index contributed by atoms with van der Waals surface area (Å²) in [6.07, 6.45) is 0.590. The van der Waals surface area contributed by atoms with Crippen molar-refractivity contribution in [3.05, 3.63) is 11.9 Å². The molecule has 1 aromatic rings. The lowest BCUT2D eigenvalue weighted by Gasteiger charge is -2.39. The van der Waals surface area contributed by atoms with Crippen molar-refractivity contribution in [1.29, 1.82) is 0 Å². The lowest BCUT2D eigenvalue weighted by Crippen LogP contribution is -2.55. The van der Waals surface area contributed by atoms with E-state index in [2.05, 4.69) is 9.97 Å². The normalized spacial score (nSPS) is 25.6. The number of piperidine rings is 1. The summed E-state index contributed by atoms with van der Waals surface area (Å²) in [5.74, 6) is -0.0680. The second kappa shape index (κ2) is 5.82. The third-order valence-electron chi connectivity index (χ3n) is 3.60. The van der Waals surface area contributed by atoms with Gasteiger partial charge >= 0.3 is 0 Å². The Morgan fingerprint density at radius 2 is 2.10 bits per heavy atom. The van der Waals surface area contributed by atoms with E-state index in [-0.39, 0.29) is 29.9 Å². The summed E-state index contributed by atoms with van der Waals surface area (Å²) in [6, 6.07) is 0. The van der Waals surface area contributed by atoms with E-state index in [0.29, 0.717) is 13.0 Å². The van der Waals surface area contributed by atoms with Gasteiger partial charge in [0.25, 0.3) is 17.7 Å². The summed E-state index contributed by atoms with van der Waals surface area (Å²) in [4.78, 5) is 21.8. The van der Waals surface area contributed by atoms with Gasteiger partial charge < -0.3 is 24.6 Å². The molecule has 2 N–H and O–H groups in total. The topological polar surface area (TPSA) is 105 Å². The molecule has 8 nitrogen and oxygen atoms in total. The first-order valence-corrected chi connectivity index (χ1v) is 6.53. The molecule has 2 atom stereocenters. The predicted molar refractivity (Wildman–Crippen MR) is 72.3 cm³/mol. The van der Waals surface area contributed by atoms with Crippen molar-refractivity contribution in [3.8, 4) is 11.8 Å².